The number of halogens is 1. The largest absolute Gasteiger partial charge is 0.490 e. The van der Waals surface area contributed by atoms with Crippen LogP contribution in [0.25, 0.3) is 0 Å². The minimum atomic E-state index is -0.286. The molecule has 0 bridgehead atoms. The Kier molecular flexibility index (Phi) is 3.49. The van der Waals surface area contributed by atoms with Crippen molar-refractivity contribution in [2.45, 2.75) is 25.2 Å². The van der Waals surface area contributed by atoms with Crippen molar-refractivity contribution in [2.24, 2.45) is 0 Å². The van der Waals surface area contributed by atoms with Gasteiger partial charge in [-0.05, 0) is 42.5 Å². The zero-order chi connectivity index (χ0) is 13.1. The first kappa shape index (κ1) is 12.2. The number of ether oxygens (including phenoxy) is 1. The van der Waals surface area contributed by atoms with Crippen molar-refractivity contribution in [3.8, 4) is 5.75 Å². The molecule has 1 aliphatic rings. The number of para-hydroxylation sites is 1. The summed E-state index contributed by atoms with van der Waals surface area (Å²) >= 11 is 0. The Hall–Kier alpha value is -1.83. The molecule has 2 heteroatoms. The van der Waals surface area contributed by atoms with Crippen LogP contribution in [0, 0.1) is 5.82 Å². The van der Waals surface area contributed by atoms with Gasteiger partial charge in [0.15, 0.2) is 11.6 Å². The lowest BCUT2D eigenvalue weighted by atomic mass is 9.83. The Labute approximate surface area is 113 Å². The van der Waals surface area contributed by atoms with Gasteiger partial charge in [0.05, 0.1) is 6.61 Å². The molecule has 1 atom stereocenters. The van der Waals surface area contributed by atoms with Gasteiger partial charge in [0, 0.05) is 5.92 Å². The number of hydrogen-bond acceptors (Lipinski definition) is 1. The van der Waals surface area contributed by atoms with Crippen LogP contribution in [0.2, 0.25) is 0 Å². The quantitative estimate of drug-likeness (QED) is 0.794. The average molecular weight is 256 g/mol. The second kappa shape index (κ2) is 5.43. The molecule has 1 aliphatic carbocycles. The fraction of sp³-hybridized carbons (Fsp3) is 0.294. The van der Waals surface area contributed by atoms with Gasteiger partial charge in [-0.2, -0.15) is 0 Å². The van der Waals surface area contributed by atoms with Gasteiger partial charge < -0.3 is 4.74 Å². The van der Waals surface area contributed by atoms with Gasteiger partial charge in [-0.1, -0.05) is 36.4 Å². The third kappa shape index (κ3) is 2.62. The van der Waals surface area contributed by atoms with E-state index in [9.17, 15) is 4.39 Å². The molecule has 2 aromatic rings. The summed E-state index contributed by atoms with van der Waals surface area (Å²) in [5, 5.41) is 0. The lowest BCUT2D eigenvalue weighted by molar-refractivity contribution is 0.263. The molecule has 3 rings (SSSR count). The van der Waals surface area contributed by atoms with E-state index in [0.29, 0.717) is 18.3 Å². The molecule has 0 saturated heterocycles. The Morgan fingerprint density at radius 1 is 1.05 bits per heavy atom. The molecular formula is C17H17FO. The Morgan fingerprint density at radius 3 is 2.74 bits per heavy atom. The zero-order valence-corrected chi connectivity index (χ0v) is 10.8. The molecule has 0 fully saturated rings. The van der Waals surface area contributed by atoms with E-state index in [1.165, 1.54) is 23.6 Å². The van der Waals surface area contributed by atoms with Gasteiger partial charge in [-0.15, -0.1) is 0 Å². The molecule has 19 heavy (non-hydrogen) atoms. The number of rotatable bonds is 3. The summed E-state index contributed by atoms with van der Waals surface area (Å²) in [4.78, 5) is 0. The first-order chi connectivity index (χ1) is 9.34. The van der Waals surface area contributed by atoms with Crippen molar-refractivity contribution in [1.29, 1.82) is 0 Å². The molecule has 0 aliphatic heterocycles. The van der Waals surface area contributed by atoms with E-state index in [4.69, 9.17) is 4.74 Å². The van der Waals surface area contributed by atoms with E-state index in [1.807, 2.05) is 0 Å². The van der Waals surface area contributed by atoms with Gasteiger partial charge in [0.1, 0.15) is 0 Å². The highest BCUT2D eigenvalue weighted by molar-refractivity contribution is 5.33. The topological polar surface area (TPSA) is 9.23 Å². The number of benzene rings is 2. The highest BCUT2D eigenvalue weighted by Gasteiger charge is 2.20. The van der Waals surface area contributed by atoms with Gasteiger partial charge in [-0.3, -0.25) is 0 Å². The fourth-order valence-electron chi connectivity index (χ4n) is 2.78. The van der Waals surface area contributed by atoms with Crippen molar-refractivity contribution >= 4 is 0 Å². The van der Waals surface area contributed by atoms with E-state index in [1.54, 1.807) is 18.2 Å². The maximum absolute atomic E-state index is 13.5. The van der Waals surface area contributed by atoms with Crippen molar-refractivity contribution in [2.75, 3.05) is 6.61 Å². The van der Waals surface area contributed by atoms with Gasteiger partial charge in [0.25, 0.3) is 0 Å². The van der Waals surface area contributed by atoms with Crippen LogP contribution < -0.4 is 4.74 Å². The first-order valence-corrected chi connectivity index (χ1v) is 6.80. The molecule has 0 aromatic heterocycles. The molecule has 0 heterocycles. The van der Waals surface area contributed by atoms with Crippen molar-refractivity contribution in [1.82, 2.24) is 0 Å². The minimum absolute atomic E-state index is 0.286. The van der Waals surface area contributed by atoms with E-state index in [0.717, 1.165) is 12.8 Å². The summed E-state index contributed by atoms with van der Waals surface area (Å²) in [6, 6.07) is 15.1. The smallest absolute Gasteiger partial charge is 0.165 e. The monoisotopic (exact) mass is 256 g/mol. The predicted octanol–water partition coefficient (Wildman–Crippen LogP) is 4.32. The van der Waals surface area contributed by atoms with Crippen LogP contribution in [-0.4, -0.2) is 6.61 Å². The van der Waals surface area contributed by atoms with Crippen LogP contribution in [0.5, 0.6) is 5.75 Å². The van der Waals surface area contributed by atoms with Crippen LogP contribution in [0.1, 0.15) is 29.9 Å². The summed E-state index contributed by atoms with van der Waals surface area (Å²) in [6.07, 6.45) is 3.44. The maximum Gasteiger partial charge on any atom is 0.165 e. The van der Waals surface area contributed by atoms with E-state index >= 15 is 0 Å². The van der Waals surface area contributed by atoms with E-state index in [-0.39, 0.29) is 5.82 Å². The van der Waals surface area contributed by atoms with Crippen LogP contribution >= 0.6 is 0 Å². The predicted molar refractivity (Wildman–Crippen MR) is 74.0 cm³/mol. The lowest BCUT2D eigenvalue weighted by Gasteiger charge is -2.25. The molecule has 1 unspecified atom stereocenters. The van der Waals surface area contributed by atoms with Crippen LogP contribution in [0.4, 0.5) is 4.39 Å². The summed E-state index contributed by atoms with van der Waals surface area (Å²) < 4.78 is 19.2. The van der Waals surface area contributed by atoms with E-state index in [2.05, 4.69) is 24.3 Å². The highest BCUT2D eigenvalue weighted by Crippen LogP contribution is 2.32. The Bertz CT molecular complexity index is 565. The second-order valence-corrected chi connectivity index (χ2v) is 5.03. The second-order valence-electron chi connectivity index (χ2n) is 5.03. The molecule has 1 nitrogen and oxygen atoms in total. The molecule has 0 spiro atoms. The molecule has 0 amide bonds. The van der Waals surface area contributed by atoms with Crippen molar-refractivity contribution in [3.63, 3.8) is 0 Å². The van der Waals surface area contributed by atoms with Crippen LogP contribution in [0.3, 0.4) is 0 Å². The van der Waals surface area contributed by atoms with Gasteiger partial charge in [0.2, 0.25) is 0 Å². The summed E-state index contributed by atoms with van der Waals surface area (Å²) in [7, 11) is 0. The van der Waals surface area contributed by atoms with Crippen molar-refractivity contribution < 1.29 is 9.13 Å². The normalized spacial score (nSPS) is 17.8. The molecule has 98 valence electrons. The lowest BCUT2D eigenvalue weighted by Crippen LogP contribution is -2.16. The van der Waals surface area contributed by atoms with Gasteiger partial charge >= 0.3 is 0 Å². The van der Waals surface area contributed by atoms with Crippen LogP contribution in [-0.2, 0) is 6.42 Å². The first-order valence-electron chi connectivity index (χ1n) is 6.80. The van der Waals surface area contributed by atoms with Crippen molar-refractivity contribution in [3.05, 3.63) is 65.5 Å². The molecule has 0 radical (unpaired) electrons. The molecule has 0 saturated carbocycles. The number of hydrogen-bond donors (Lipinski definition) is 0. The molecule has 2 aromatic carbocycles. The number of aryl methyl sites for hydroxylation is 1. The third-order valence-corrected chi connectivity index (χ3v) is 3.77. The highest BCUT2D eigenvalue weighted by atomic mass is 19.1. The maximum atomic E-state index is 13.5. The average Bonchev–Trinajstić information content (AvgIpc) is 2.46. The molecular weight excluding hydrogens is 239 g/mol. The standard InChI is InChI=1S/C17H17FO/c18-16-10-3-4-11-17(16)19-12-14-8-5-7-13-6-1-2-9-15(13)14/h1-4,6,9-11,14H,5,7-8,12H2. The summed E-state index contributed by atoms with van der Waals surface area (Å²) in [6.45, 7) is 0.554. The minimum Gasteiger partial charge on any atom is -0.490 e. The Balaban J connectivity index is 1.73. The number of fused-ring (bicyclic) bond motifs is 1. The van der Waals surface area contributed by atoms with Gasteiger partial charge in [-0.25, -0.2) is 4.39 Å². The fourth-order valence-corrected chi connectivity index (χ4v) is 2.78. The van der Waals surface area contributed by atoms with Crippen LogP contribution in [0.15, 0.2) is 48.5 Å². The Morgan fingerprint density at radius 2 is 1.84 bits per heavy atom. The van der Waals surface area contributed by atoms with E-state index < -0.39 is 0 Å². The zero-order valence-electron chi connectivity index (χ0n) is 10.8. The summed E-state index contributed by atoms with van der Waals surface area (Å²) in [5.74, 6) is 0.446. The third-order valence-electron chi connectivity index (χ3n) is 3.77. The molecule has 0 N–H and O–H groups in total. The summed E-state index contributed by atoms with van der Waals surface area (Å²) in [5.41, 5.74) is 2.78. The SMILES string of the molecule is Fc1ccccc1OCC1CCCc2ccccc21.